The lowest BCUT2D eigenvalue weighted by molar-refractivity contribution is -0.132. The van der Waals surface area contributed by atoms with Gasteiger partial charge < -0.3 is 10.6 Å². The van der Waals surface area contributed by atoms with Gasteiger partial charge >= 0.3 is 6.18 Å². The molecule has 0 aromatic heterocycles. The van der Waals surface area contributed by atoms with Crippen LogP contribution < -0.4 is 10.6 Å². The molecular weight excluding hydrogens is 303 g/mol. The second-order valence-electron chi connectivity index (χ2n) is 4.43. The van der Waals surface area contributed by atoms with Crippen molar-refractivity contribution in [3.63, 3.8) is 0 Å². The third-order valence-corrected chi connectivity index (χ3v) is 2.84. The van der Waals surface area contributed by atoms with E-state index < -0.39 is 12.6 Å². The molecule has 0 atom stereocenters. The standard InChI is InChI=1S/C14H19ClF3N3/c1-2-19-13(21-9-7-14(16,17)18)20-8-6-11-4-3-5-12(15)10-11/h3-5,10H,2,6-9H2,1H3,(H2,19,20,21). The van der Waals surface area contributed by atoms with Crippen LogP contribution in [-0.4, -0.2) is 31.8 Å². The van der Waals surface area contributed by atoms with Crippen molar-refractivity contribution in [2.75, 3.05) is 19.6 Å². The van der Waals surface area contributed by atoms with Gasteiger partial charge in [0.05, 0.1) is 13.0 Å². The molecule has 0 amide bonds. The fourth-order valence-corrected chi connectivity index (χ4v) is 1.87. The smallest absolute Gasteiger partial charge is 0.357 e. The molecule has 0 heterocycles. The zero-order chi connectivity index (χ0) is 15.7. The molecule has 21 heavy (non-hydrogen) atoms. The van der Waals surface area contributed by atoms with E-state index in [0.717, 1.165) is 5.56 Å². The Labute approximate surface area is 127 Å². The Morgan fingerprint density at radius 3 is 2.67 bits per heavy atom. The SMILES string of the molecule is CCNC(=NCCC(F)(F)F)NCCc1cccc(Cl)c1. The molecular formula is C14H19ClF3N3. The van der Waals surface area contributed by atoms with Crippen LogP contribution in [0.1, 0.15) is 18.9 Å². The average molecular weight is 322 g/mol. The molecule has 0 fully saturated rings. The highest BCUT2D eigenvalue weighted by molar-refractivity contribution is 6.30. The monoisotopic (exact) mass is 321 g/mol. The molecule has 0 saturated carbocycles. The molecule has 3 nitrogen and oxygen atoms in total. The first kappa shape index (κ1) is 17.6. The third kappa shape index (κ3) is 8.45. The second kappa shape index (κ2) is 8.77. The van der Waals surface area contributed by atoms with Crippen molar-refractivity contribution in [3.8, 4) is 0 Å². The highest BCUT2D eigenvalue weighted by Crippen LogP contribution is 2.18. The molecule has 0 unspecified atom stereocenters. The van der Waals surface area contributed by atoms with Crippen LogP contribution in [0.4, 0.5) is 13.2 Å². The number of rotatable bonds is 6. The Kier molecular flexibility index (Phi) is 7.36. The topological polar surface area (TPSA) is 36.4 Å². The minimum absolute atomic E-state index is 0.282. The van der Waals surface area contributed by atoms with E-state index in [4.69, 9.17) is 11.6 Å². The van der Waals surface area contributed by atoms with Gasteiger partial charge in [-0.15, -0.1) is 0 Å². The highest BCUT2D eigenvalue weighted by Gasteiger charge is 2.26. The molecule has 0 radical (unpaired) electrons. The molecule has 0 aliphatic carbocycles. The molecule has 0 saturated heterocycles. The predicted octanol–water partition coefficient (Wildman–Crippen LogP) is 3.39. The van der Waals surface area contributed by atoms with Gasteiger partial charge in [0.1, 0.15) is 0 Å². The lowest BCUT2D eigenvalue weighted by Gasteiger charge is -2.12. The first-order chi connectivity index (χ1) is 9.90. The van der Waals surface area contributed by atoms with E-state index in [1.54, 1.807) is 6.07 Å². The van der Waals surface area contributed by atoms with Crippen LogP contribution in [-0.2, 0) is 6.42 Å². The number of hydrogen-bond donors (Lipinski definition) is 2. The summed E-state index contributed by atoms with van der Waals surface area (Å²) in [5, 5.41) is 6.58. The molecule has 0 aliphatic heterocycles. The van der Waals surface area contributed by atoms with Gasteiger partial charge in [-0.25, -0.2) is 0 Å². The summed E-state index contributed by atoms with van der Waals surface area (Å²) in [4.78, 5) is 3.90. The van der Waals surface area contributed by atoms with E-state index in [9.17, 15) is 13.2 Å². The molecule has 118 valence electrons. The van der Waals surface area contributed by atoms with E-state index >= 15 is 0 Å². The van der Waals surface area contributed by atoms with Gasteiger partial charge in [-0.2, -0.15) is 13.2 Å². The first-order valence-corrected chi connectivity index (χ1v) is 7.12. The van der Waals surface area contributed by atoms with Gasteiger partial charge in [0.2, 0.25) is 0 Å². The van der Waals surface area contributed by atoms with E-state index in [2.05, 4.69) is 15.6 Å². The number of nitrogens with one attached hydrogen (secondary N) is 2. The summed E-state index contributed by atoms with van der Waals surface area (Å²) in [5.41, 5.74) is 1.06. The van der Waals surface area contributed by atoms with Crippen LogP contribution in [0, 0.1) is 0 Å². The van der Waals surface area contributed by atoms with E-state index in [-0.39, 0.29) is 6.54 Å². The minimum Gasteiger partial charge on any atom is -0.357 e. The number of halogens is 4. The molecule has 0 spiro atoms. The fourth-order valence-electron chi connectivity index (χ4n) is 1.65. The van der Waals surface area contributed by atoms with Crippen molar-refractivity contribution in [1.29, 1.82) is 0 Å². The summed E-state index contributed by atoms with van der Waals surface area (Å²) < 4.78 is 36.2. The maximum Gasteiger partial charge on any atom is 0.390 e. The number of nitrogens with zero attached hydrogens (tertiary/aromatic N) is 1. The summed E-state index contributed by atoms with van der Waals surface area (Å²) in [5.74, 6) is 0.392. The largest absolute Gasteiger partial charge is 0.390 e. The number of alkyl halides is 3. The third-order valence-electron chi connectivity index (χ3n) is 2.60. The molecule has 1 aromatic rings. The van der Waals surface area contributed by atoms with Crippen LogP contribution in [0.15, 0.2) is 29.3 Å². The minimum atomic E-state index is -4.18. The van der Waals surface area contributed by atoms with Crippen molar-refractivity contribution in [3.05, 3.63) is 34.9 Å². The van der Waals surface area contributed by atoms with Gasteiger partial charge in [0.15, 0.2) is 5.96 Å². The summed E-state index contributed by atoms with van der Waals surface area (Å²) >= 11 is 5.88. The Balaban J connectivity index is 2.41. The molecule has 1 rings (SSSR count). The number of benzene rings is 1. The van der Waals surface area contributed by atoms with Crippen molar-refractivity contribution in [2.45, 2.75) is 25.9 Å². The van der Waals surface area contributed by atoms with Gasteiger partial charge in [0, 0.05) is 18.1 Å². The summed E-state index contributed by atoms with van der Waals surface area (Å²) in [7, 11) is 0. The maximum atomic E-state index is 12.1. The van der Waals surface area contributed by atoms with E-state index in [0.29, 0.717) is 30.5 Å². The van der Waals surface area contributed by atoms with Crippen molar-refractivity contribution < 1.29 is 13.2 Å². The molecule has 2 N–H and O–H groups in total. The summed E-state index contributed by atoms with van der Waals surface area (Å²) in [6.07, 6.45) is -4.39. The first-order valence-electron chi connectivity index (χ1n) is 6.74. The Morgan fingerprint density at radius 2 is 2.05 bits per heavy atom. The molecule has 7 heteroatoms. The van der Waals surface area contributed by atoms with Crippen molar-refractivity contribution in [2.24, 2.45) is 4.99 Å². The maximum absolute atomic E-state index is 12.1. The molecule has 0 aliphatic rings. The second-order valence-corrected chi connectivity index (χ2v) is 4.87. The number of hydrogen-bond acceptors (Lipinski definition) is 1. The normalized spacial score (nSPS) is 12.3. The summed E-state index contributed by atoms with van der Waals surface area (Å²) in [6.45, 7) is 2.74. The molecule has 1 aromatic carbocycles. The van der Waals surface area contributed by atoms with E-state index in [1.165, 1.54) is 0 Å². The van der Waals surface area contributed by atoms with Gasteiger partial charge in [-0.05, 0) is 31.0 Å². The van der Waals surface area contributed by atoms with Crippen LogP contribution >= 0.6 is 11.6 Å². The van der Waals surface area contributed by atoms with Crippen LogP contribution in [0.3, 0.4) is 0 Å². The Hall–Kier alpha value is -1.43. The highest BCUT2D eigenvalue weighted by atomic mass is 35.5. The summed E-state index contributed by atoms with van der Waals surface area (Å²) in [6, 6.07) is 7.46. The molecule has 0 bridgehead atoms. The van der Waals surface area contributed by atoms with Gasteiger partial charge in [-0.3, -0.25) is 4.99 Å². The zero-order valence-corrected chi connectivity index (χ0v) is 12.6. The fraction of sp³-hybridized carbons (Fsp3) is 0.500. The lowest BCUT2D eigenvalue weighted by atomic mass is 10.1. The Morgan fingerprint density at radius 1 is 1.29 bits per heavy atom. The Bertz CT molecular complexity index is 461. The zero-order valence-electron chi connectivity index (χ0n) is 11.8. The van der Waals surface area contributed by atoms with Crippen LogP contribution in [0.25, 0.3) is 0 Å². The van der Waals surface area contributed by atoms with E-state index in [1.807, 2.05) is 25.1 Å². The lowest BCUT2D eigenvalue weighted by Crippen LogP contribution is -2.38. The predicted molar refractivity (Wildman–Crippen MR) is 79.8 cm³/mol. The van der Waals surface area contributed by atoms with Crippen molar-refractivity contribution in [1.82, 2.24) is 10.6 Å². The van der Waals surface area contributed by atoms with Gasteiger partial charge in [0.25, 0.3) is 0 Å². The average Bonchev–Trinajstić information content (AvgIpc) is 2.37. The number of aliphatic imine (C=N–C) groups is 1. The van der Waals surface area contributed by atoms with Crippen molar-refractivity contribution >= 4 is 17.6 Å². The quantitative estimate of drug-likeness (QED) is 0.622. The number of guanidine groups is 1. The van der Waals surface area contributed by atoms with Crippen LogP contribution in [0.2, 0.25) is 5.02 Å². The van der Waals surface area contributed by atoms with Gasteiger partial charge in [-0.1, -0.05) is 23.7 Å². The van der Waals surface area contributed by atoms with Crippen LogP contribution in [0.5, 0.6) is 0 Å².